The van der Waals surface area contributed by atoms with E-state index in [1.165, 1.54) is 11.1 Å². The third-order valence-electron chi connectivity index (χ3n) is 6.42. The molecule has 0 bridgehead atoms. The van der Waals surface area contributed by atoms with Gasteiger partial charge in [0, 0.05) is 32.4 Å². The lowest BCUT2D eigenvalue weighted by Gasteiger charge is -2.39. The number of piperazine rings is 1. The zero-order chi connectivity index (χ0) is 22.1. The van der Waals surface area contributed by atoms with E-state index in [2.05, 4.69) is 70.5 Å². The van der Waals surface area contributed by atoms with Gasteiger partial charge in [-0.2, -0.15) is 0 Å². The highest BCUT2D eigenvalue weighted by molar-refractivity contribution is 5.95. The molecule has 0 atom stereocenters. The number of hydrogen-bond donors (Lipinski definition) is 0. The standard InChI is InChI=1S/C27H28N4O/c1-20-10-9-15-31-24(21(2)28-26(20)31)27(32)30-18-16-29(17-19-30)25(22-11-5-3-6-12-22)23-13-7-4-8-14-23/h3-15,25H,16-19H2,1-2H3. The number of hydrogen-bond acceptors (Lipinski definition) is 3. The van der Waals surface area contributed by atoms with Gasteiger partial charge in [0.25, 0.3) is 5.91 Å². The summed E-state index contributed by atoms with van der Waals surface area (Å²) in [6.45, 7) is 7.02. The van der Waals surface area contributed by atoms with Crippen molar-refractivity contribution >= 4 is 11.6 Å². The van der Waals surface area contributed by atoms with Crippen LogP contribution in [0.4, 0.5) is 0 Å². The number of amides is 1. The van der Waals surface area contributed by atoms with Gasteiger partial charge in [0.2, 0.25) is 0 Å². The van der Waals surface area contributed by atoms with Crippen molar-refractivity contribution < 1.29 is 4.79 Å². The molecule has 2 aromatic carbocycles. The molecule has 0 aliphatic carbocycles. The predicted octanol–water partition coefficient (Wildman–Crippen LogP) is 4.50. The predicted molar refractivity (Wildman–Crippen MR) is 127 cm³/mol. The van der Waals surface area contributed by atoms with E-state index < -0.39 is 0 Å². The molecule has 0 unspecified atom stereocenters. The Kier molecular flexibility index (Phi) is 5.50. The van der Waals surface area contributed by atoms with Crippen molar-refractivity contribution in [1.82, 2.24) is 19.2 Å². The van der Waals surface area contributed by atoms with Crippen molar-refractivity contribution in [2.75, 3.05) is 26.2 Å². The number of fused-ring (bicyclic) bond motifs is 1. The second-order valence-corrected chi connectivity index (χ2v) is 8.48. The average Bonchev–Trinajstić information content (AvgIpc) is 3.18. The number of imidazole rings is 1. The second kappa shape index (κ2) is 8.60. The van der Waals surface area contributed by atoms with E-state index in [1.807, 2.05) is 41.5 Å². The zero-order valence-corrected chi connectivity index (χ0v) is 18.6. The smallest absolute Gasteiger partial charge is 0.272 e. The van der Waals surface area contributed by atoms with Gasteiger partial charge in [-0.25, -0.2) is 4.98 Å². The van der Waals surface area contributed by atoms with Gasteiger partial charge in [-0.3, -0.25) is 14.1 Å². The molecule has 5 nitrogen and oxygen atoms in total. The minimum atomic E-state index is 0.0659. The molecular formula is C27H28N4O. The average molecular weight is 425 g/mol. The Bertz CT molecular complexity index is 1190. The molecule has 1 saturated heterocycles. The summed E-state index contributed by atoms with van der Waals surface area (Å²) in [6, 6.07) is 25.5. The van der Waals surface area contributed by atoms with E-state index in [0.717, 1.165) is 30.0 Å². The van der Waals surface area contributed by atoms with Crippen LogP contribution in [-0.4, -0.2) is 51.3 Å². The Balaban J connectivity index is 1.38. The zero-order valence-electron chi connectivity index (χ0n) is 18.6. The number of nitrogens with zero attached hydrogens (tertiary/aromatic N) is 4. The fourth-order valence-corrected chi connectivity index (χ4v) is 4.79. The SMILES string of the molecule is Cc1nc2c(C)cccn2c1C(=O)N1CCN(C(c2ccccc2)c2ccccc2)CC1. The molecule has 1 aliphatic heterocycles. The molecule has 5 rings (SSSR count). The highest BCUT2D eigenvalue weighted by atomic mass is 16.2. The summed E-state index contributed by atoms with van der Waals surface area (Å²) >= 11 is 0. The first-order valence-corrected chi connectivity index (χ1v) is 11.2. The van der Waals surface area contributed by atoms with Gasteiger partial charge in [0.05, 0.1) is 11.7 Å². The largest absolute Gasteiger partial charge is 0.335 e. The minimum Gasteiger partial charge on any atom is -0.335 e. The van der Waals surface area contributed by atoms with E-state index in [0.29, 0.717) is 18.8 Å². The van der Waals surface area contributed by atoms with Crippen LogP contribution in [0.2, 0.25) is 0 Å². The van der Waals surface area contributed by atoms with Crippen LogP contribution in [0.5, 0.6) is 0 Å². The second-order valence-electron chi connectivity index (χ2n) is 8.48. The Morgan fingerprint density at radius 3 is 2.00 bits per heavy atom. The Hall–Kier alpha value is -3.44. The van der Waals surface area contributed by atoms with Crippen molar-refractivity contribution in [3.63, 3.8) is 0 Å². The first-order chi connectivity index (χ1) is 15.6. The lowest BCUT2D eigenvalue weighted by atomic mass is 9.96. The monoisotopic (exact) mass is 424 g/mol. The van der Waals surface area contributed by atoms with Crippen LogP contribution in [0.25, 0.3) is 5.65 Å². The van der Waals surface area contributed by atoms with Gasteiger partial charge in [-0.15, -0.1) is 0 Å². The Morgan fingerprint density at radius 2 is 1.41 bits per heavy atom. The summed E-state index contributed by atoms with van der Waals surface area (Å²) in [5.74, 6) is 0.0659. The van der Waals surface area contributed by atoms with Gasteiger partial charge in [-0.1, -0.05) is 66.7 Å². The lowest BCUT2D eigenvalue weighted by molar-refractivity contribution is 0.0590. The van der Waals surface area contributed by atoms with Crippen LogP contribution < -0.4 is 0 Å². The van der Waals surface area contributed by atoms with Gasteiger partial charge in [0.1, 0.15) is 11.3 Å². The summed E-state index contributed by atoms with van der Waals surface area (Å²) in [4.78, 5) is 22.6. The van der Waals surface area contributed by atoms with Crippen LogP contribution in [-0.2, 0) is 0 Å². The normalized spacial score (nSPS) is 14.9. The number of carbonyl (C=O) groups is 1. The molecule has 2 aromatic heterocycles. The Morgan fingerprint density at radius 1 is 0.812 bits per heavy atom. The number of benzene rings is 2. The number of rotatable bonds is 4. The van der Waals surface area contributed by atoms with Gasteiger partial charge >= 0.3 is 0 Å². The molecule has 4 aromatic rings. The van der Waals surface area contributed by atoms with Crippen molar-refractivity contribution in [2.45, 2.75) is 19.9 Å². The molecule has 162 valence electrons. The highest BCUT2D eigenvalue weighted by Crippen LogP contribution is 2.30. The highest BCUT2D eigenvalue weighted by Gasteiger charge is 2.30. The van der Waals surface area contributed by atoms with Crippen molar-refractivity contribution in [3.8, 4) is 0 Å². The molecule has 0 radical (unpaired) electrons. The fourth-order valence-electron chi connectivity index (χ4n) is 4.79. The van der Waals surface area contributed by atoms with Crippen LogP contribution in [0.3, 0.4) is 0 Å². The van der Waals surface area contributed by atoms with Crippen molar-refractivity contribution in [2.24, 2.45) is 0 Å². The molecule has 0 spiro atoms. The van der Waals surface area contributed by atoms with Crippen molar-refractivity contribution in [3.05, 3.63) is 107 Å². The topological polar surface area (TPSA) is 40.9 Å². The van der Waals surface area contributed by atoms with Gasteiger partial charge in [-0.05, 0) is 36.6 Å². The summed E-state index contributed by atoms with van der Waals surface area (Å²) in [6.07, 6.45) is 1.94. The van der Waals surface area contributed by atoms with E-state index in [9.17, 15) is 4.79 Å². The maximum atomic E-state index is 13.5. The van der Waals surface area contributed by atoms with Crippen LogP contribution in [0.15, 0.2) is 79.0 Å². The van der Waals surface area contributed by atoms with Crippen molar-refractivity contribution in [1.29, 1.82) is 0 Å². The summed E-state index contributed by atoms with van der Waals surface area (Å²) in [5, 5.41) is 0. The van der Waals surface area contributed by atoms with Gasteiger partial charge < -0.3 is 4.90 Å². The quantitative estimate of drug-likeness (QED) is 0.484. The maximum absolute atomic E-state index is 13.5. The molecule has 0 saturated carbocycles. The Labute approximate surface area is 188 Å². The number of carbonyl (C=O) groups excluding carboxylic acids is 1. The van der Waals surface area contributed by atoms with Gasteiger partial charge in [0.15, 0.2) is 0 Å². The third kappa shape index (κ3) is 3.69. The summed E-state index contributed by atoms with van der Waals surface area (Å²) in [5.41, 5.74) is 5.98. The number of aromatic nitrogens is 2. The van der Waals surface area contributed by atoms with Crippen LogP contribution in [0.1, 0.15) is 38.9 Å². The first kappa shape index (κ1) is 20.5. The van der Waals surface area contributed by atoms with Crippen LogP contribution in [0, 0.1) is 13.8 Å². The molecule has 32 heavy (non-hydrogen) atoms. The summed E-state index contributed by atoms with van der Waals surface area (Å²) < 4.78 is 1.94. The molecule has 1 aliphatic rings. The number of pyridine rings is 1. The molecule has 5 heteroatoms. The van der Waals surface area contributed by atoms with Crippen LogP contribution >= 0.6 is 0 Å². The fraction of sp³-hybridized carbons (Fsp3) is 0.259. The summed E-state index contributed by atoms with van der Waals surface area (Å²) in [7, 11) is 0. The molecule has 0 N–H and O–H groups in total. The molecule has 1 fully saturated rings. The lowest BCUT2D eigenvalue weighted by Crippen LogP contribution is -2.50. The number of aryl methyl sites for hydroxylation is 2. The molecular weight excluding hydrogens is 396 g/mol. The molecule has 1 amide bonds. The third-order valence-corrected chi connectivity index (χ3v) is 6.42. The minimum absolute atomic E-state index is 0.0659. The van der Waals surface area contributed by atoms with E-state index in [-0.39, 0.29) is 11.9 Å². The maximum Gasteiger partial charge on any atom is 0.272 e. The van der Waals surface area contributed by atoms with E-state index >= 15 is 0 Å². The van der Waals surface area contributed by atoms with E-state index in [1.54, 1.807) is 0 Å². The molecule has 3 heterocycles. The van der Waals surface area contributed by atoms with E-state index in [4.69, 9.17) is 0 Å². The first-order valence-electron chi connectivity index (χ1n) is 11.2.